The van der Waals surface area contributed by atoms with Crippen molar-refractivity contribution in [2.75, 3.05) is 32.8 Å². The van der Waals surface area contributed by atoms with Gasteiger partial charge in [-0.1, -0.05) is 13.8 Å². The van der Waals surface area contributed by atoms with E-state index in [1.54, 1.807) is 0 Å². The van der Waals surface area contributed by atoms with E-state index in [9.17, 15) is 4.79 Å². The predicted octanol–water partition coefficient (Wildman–Crippen LogP) is 1.81. The summed E-state index contributed by atoms with van der Waals surface area (Å²) in [7, 11) is 0. The second-order valence-corrected chi connectivity index (χ2v) is 6.24. The fourth-order valence-electron chi connectivity index (χ4n) is 3.09. The molecular weight excluding hydrogens is 264 g/mol. The van der Waals surface area contributed by atoms with Gasteiger partial charge in [-0.3, -0.25) is 4.79 Å². The van der Waals surface area contributed by atoms with Crippen LogP contribution in [0.25, 0.3) is 0 Å². The molecule has 5 heteroatoms. The van der Waals surface area contributed by atoms with Crippen molar-refractivity contribution < 1.29 is 9.53 Å². The molecule has 2 N–H and O–H groups in total. The zero-order valence-electron chi connectivity index (χ0n) is 12.1. The van der Waals surface area contributed by atoms with Crippen LogP contribution in [0.5, 0.6) is 0 Å². The summed E-state index contributed by atoms with van der Waals surface area (Å²) in [5.41, 5.74) is 5.86. The molecule has 0 saturated carbocycles. The molecule has 0 spiro atoms. The van der Waals surface area contributed by atoms with Crippen LogP contribution in [0.2, 0.25) is 0 Å². The molecule has 2 fully saturated rings. The van der Waals surface area contributed by atoms with E-state index in [2.05, 4.69) is 13.8 Å². The lowest BCUT2D eigenvalue weighted by molar-refractivity contribution is -0.146. The number of rotatable bonds is 3. The largest absolute Gasteiger partial charge is 0.381 e. The lowest BCUT2D eigenvalue weighted by atomic mass is 9.78. The molecule has 0 aliphatic carbocycles. The van der Waals surface area contributed by atoms with Gasteiger partial charge in [0.25, 0.3) is 0 Å². The molecule has 0 aromatic carbocycles. The number of nitrogens with two attached hydrogens (primary N) is 1. The minimum atomic E-state index is -0.350. The van der Waals surface area contributed by atoms with Gasteiger partial charge < -0.3 is 15.4 Å². The normalized spacial score (nSPS) is 29.9. The van der Waals surface area contributed by atoms with Crippen molar-refractivity contribution in [2.45, 2.75) is 39.5 Å². The number of carbonyl (C=O) groups is 1. The zero-order chi connectivity index (χ0) is 13.2. The number of carbonyl (C=O) groups excluding carboxylic acids is 1. The Kier molecular flexibility index (Phi) is 5.65. The van der Waals surface area contributed by atoms with Crippen molar-refractivity contribution in [3.05, 3.63) is 0 Å². The fraction of sp³-hybridized carbons (Fsp3) is 0.929. The van der Waals surface area contributed by atoms with E-state index in [4.69, 9.17) is 10.5 Å². The van der Waals surface area contributed by atoms with Crippen LogP contribution in [0.3, 0.4) is 0 Å². The van der Waals surface area contributed by atoms with E-state index in [-0.39, 0.29) is 23.7 Å². The van der Waals surface area contributed by atoms with Gasteiger partial charge in [-0.25, -0.2) is 0 Å². The van der Waals surface area contributed by atoms with Crippen LogP contribution in [-0.2, 0) is 9.53 Å². The maximum atomic E-state index is 12.7. The van der Waals surface area contributed by atoms with Crippen molar-refractivity contribution in [3.8, 4) is 0 Å². The second-order valence-electron chi connectivity index (χ2n) is 6.24. The topological polar surface area (TPSA) is 55.6 Å². The molecule has 2 heterocycles. The summed E-state index contributed by atoms with van der Waals surface area (Å²) in [6, 6.07) is 0. The Hall–Kier alpha value is -0.320. The van der Waals surface area contributed by atoms with E-state index < -0.39 is 0 Å². The van der Waals surface area contributed by atoms with Gasteiger partial charge in [-0.15, -0.1) is 12.4 Å². The molecule has 1 atom stereocenters. The lowest BCUT2D eigenvalue weighted by Gasteiger charge is -2.38. The van der Waals surface area contributed by atoms with Gasteiger partial charge in [-0.2, -0.15) is 0 Å². The van der Waals surface area contributed by atoms with E-state index >= 15 is 0 Å². The highest BCUT2D eigenvalue weighted by Crippen LogP contribution is 2.38. The van der Waals surface area contributed by atoms with Gasteiger partial charge in [-0.05, 0) is 31.1 Å². The molecule has 2 aliphatic rings. The van der Waals surface area contributed by atoms with E-state index in [1.807, 2.05) is 4.90 Å². The van der Waals surface area contributed by atoms with Gasteiger partial charge in [0.05, 0.1) is 5.41 Å². The molecule has 1 unspecified atom stereocenters. The predicted molar refractivity (Wildman–Crippen MR) is 78.4 cm³/mol. The Morgan fingerprint density at radius 2 is 1.95 bits per heavy atom. The van der Waals surface area contributed by atoms with Crippen molar-refractivity contribution in [1.82, 2.24) is 4.90 Å². The Balaban J connectivity index is 0.00000180. The average molecular weight is 291 g/mol. The van der Waals surface area contributed by atoms with Gasteiger partial charge in [0.15, 0.2) is 0 Å². The van der Waals surface area contributed by atoms with Crippen molar-refractivity contribution in [1.29, 1.82) is 0 Å². The number of hydrogen-bond donors (Lipinski definition) is 1. The molecule has 4 nitrogen and oxygen atoms in total. The van der Waals surface area contributed by atoms with Crippen LogP contribution in [0.15, 0.2) is 0 Å². The van der Waals surface area contributed by atoms with Gasteiger partial charge in [0, 0.05) is 32.8 Å². The number of likely N-dealkylation sites (tertiary alicyclic amines) is 1. The van der Waals surface area contributed by atoms with E-state index in [0.717, 1.165) is 38.8 Å². The SMILES string of the molecule is CCC1(C)CCN(C(=O)C2(CN)CCOCC2)C1.Cl. The summed E-state index contributed by atoms with van der Waals surface area (Å²) in [4.78, 5) is 14.8. The molecule has 2 saturated heterocycles. The highest BCUT2D eigenvalue weighted by atomic mass is 35.5. The third-order valence-corrected chi connectivity index (χ3v) is 4.99. The second kappa shape index (κ2) is 6.42. The third kappa shape index (κ3) is 3.23. The summed E-state index contributed by atoms with van der Waals surface area (Å²) in [6.45, 7) is 8.06. The number of ether oxygens (including phenoxy) is 1. The molecule has 2 rings (SSSR count). The molecule has 19 heavy (non-hydrogen) atoms. The van der Waals surface area contributed by atoms with Crippen LogP contribution in [-0.4, -0.2) is 43.7 Å². The lowest BCUT2D eigenvalue weighted by Crippen LogP contribution is -2.50. The maximum absolute atomic E-state index is 12.7. The maximum Gasteiger partial charge on any atom is 0.230 e. The summed E-state index contributed by atoms with van der Waals surface area (Å²) < 4.78 is 5.38. The molecule has 1 amide bonds. The average Bonchev–Trinajstić information content (AvgIpc) is 2.82. The van der Waals surface area contributed by atoms with E-state index in [0.29, 0.717) is 25.2 Å². The summed E-state index contributed by atoms with van der Waals surface area (Å²) in [5.74, 6) is 0.269. The Morgan fingerprint density at radius 1 is 1.32 bits per heavy atom. The fourth-order valence-corrected chi connectivity index (χ4v) is 3.09. The summed E-state index contributed by atoms with van der Waals surface area (Å²) in [6.07, 6.45) is 3.81. The number of halogens is 1. The molecule has 112 valence electrons. The minimum absolute atomic E-state index is 0. The van der Waals surface area contributed by atoms with Crippen LogP contribution < -0.4 is 5.73 Å². The molecule has 2 aliphatic heterocycles. The molecule has 0 aromatic rings. The molecular formula is C14H27ClN2O2. The van der Waals surface area contributed by atoms with Crippen molar-refractivity contribution in [3.63, 3.8) is 0 Å². The van der Waals surface area contributed by atoms with Gasteiger partial charge >= 0.3 is 0 Å². The first kappa shape index (κ1) is 16.7. The standard InChI is InChI=1S/C14H26N2O2.ClH/c1-3-13(2)4-7-16(11-13)12(17)14(10-15)5-8-18-9-6-14;/h3-11,15H2,1-2H3;1H. The first-order valence-electron chi connectivity index (χ1n) is 7.12. The monoisotopic (exact) mass is 290 g/mol. The minimum Gasteiger partial charge on any atom is -0.381 e. The Bertz CT molecular complexity index is 319. The van der Waals surface area contributed by atoms with Crippen LogP contribution in [0, 0.1) is 10.8 Å². The Morgan fingerprint density at radius 3 is 2.42 bits per heavy atom. The van der Waals surface area contributed by atoms with Gasteiger partial charge in [0.1, 0.15) is 0 Å². The first-order chi connectivity index (χ1) is 8.55. The van der Waals surface area contributed by atoms with Gasteiger partial charge in [0.2, 0.25) is 5.91 Å². The van der Waals surface area contributed by atoms with Crippen molar-refractivity contribution in [2.24, 2.45) is 16.6 Å². The van der Waals surface area contributed by atoms with Crippen molar-refractivity contribution >= 4 is 18.3 Å². The third-order valence-electron chi connectivity index (χ3n) is 4.99. The highest BCUT2D eigenvalue weighted by molar-refractivity contribution is 5.85. The first-order valence-corrected chi connectivity index (χ1v) is 7.12. The molecule has 0 radical (unpaired) electrons. The number of nitrogens with zero attached hydrogens (tertiary/aromatic N) is 1. The highest BCUT2D eigenvalue weighted by Gasteiger charge is 2.45. The zero-order valence-corrected chi connectivity index (χ0v) is 12.9. The smallest absolute Gasteiger partial charge is 0.230 e. The summed E-state index contributed by atoms with van der Waals surface area (Å²) in [5, 5.41) is 0. The van der Waals surface area contributed by atoms with Crippen LogP contribution >= 0.6 is 12.4 Å². The summed E-state index contributed by atoms with van der Waals surface area (Å²) >= 11 is 0. The number of amides is 1. The van der Waals surface area contributed by atoms with E-state index in [1.165, 1.54) is 0 Å². The number of hydrogen-bond acceptors (Lipinski definition) is 3. The Labute approximate surface area is 122 Å². The quantitative estimate of drug-likeness (QED) is 0.862. The van der Waals surface area contributed by atoms with Crippen LogP contribution in [0.4, 0.5) is 0 Å². The molecule has 0 aromatic heterocycles. The van der Waals surface area contributed by atoms with Crippen LogP contribution in [0.1, 0.15) is 39.5 Å². The molecule has 0 bridgehead atoms.